The molecule has 0 spiro atoms. The predicted molar refractivity (Wildman–Crippen MR) is 186 cm³/mol. The number of pyridine rings is 1. The smallest absolute Gasteiger partial charge is 0.276 e. The third-order valence-electron chi connectivity index (χ3n) is 7.24. The number of hydrogen-bond donors (Lipinski definition) is 2. The van der Waals surface area contributed by atoms with E-state index in [1.165, 1.54) is 22.7 Å². The van der Waals surface area contributed by atoms with Gasteiger partial charge in [0.15, 0.2) is 10.3 Å². The Morgan fingerprint density at radius 1 is 0.413 bits per heavy atom. The van der Waals surface area contributed by atoms with Crippen molar-refractivity contribution in [3.8, 4) is 44.8 Å². The van der Waals surface area contributed by atoms with E-state index in [4.69, 9.17) is 0 Å². The van der Waals surface area contributed by atoms with E-state index >= 15 is 0 Å². The summed E-state index contributed by atoms with van der Waals surface area (Å²) < 4.78 is 0. The Morgan fingerprint density at radius 2 is 0.783 bits per heavy atom. The summed E-state index contributed by atoms with van der Waals surface area (Å²) in [6.45, 7) is 0. The summed E-state index contributed by atoms with van der Waals surface area (Å²) in [6.07, 6.45) is 0. The Hall–Kier alpha value is -5.77. The molecule has 0 aliphatic rings. The molecule has 0 aliphatic heterocycles. The largest absolute Gasteiger partial charge is 0.296 e. The highest BCUT2D eigenvalue weighted by Gasteiger charge is 2.16. The molecular formula is C37H25N5O2S2. The Morgan fingerprint density at radius 3 is 1.20 bits per heavy atom. The summed E-state index contributed by atoms with van der Waals surface area (Å²) in [4.78, 5) is 39.5. The summed E-state index contributed by atoms with van der Waals surface area (Å²) in [5.74, 6) is -0.907. The minimum absolute atomic E-state index is 0.106. The van der Waals surface area contributed by atoms with Crippen molar-refractivity contribution >= 4 is 44.8 Å². The lowest BCUT2D eigenvalue weighted by Gasteiger charge is -2.05. The number of amides is 2. The van der Waals surface area contributed by atoms with Crippen molar-refractivity contribution in [3.63, 3.8) is 0 Å². The number of nitrogens with one attached hydrogen (secondary N) is 2. The number of nitrogens with zero attached hydrogens (tertiary/aromatic N) is 3. The van der Waals surface area contributed by atoms with Gasteiger partial charge in [-0.3, -0.25) is 20.2 Å². The molecule has 46 heavy (non-hydrogen) atoms. The minimum atomic E-state index is -0.453. The molecule has 0 fully saturated rings. The van der Waals surface area contributed by atoms with Crippen molar-refractivity contribution < 1.29 is 9.59 Å². The lowest BCUT2D eigenvalue weighted by Crippen LogP contribution is -2.18. The van der Waals surface area contributed by atoms with Gasteiger partial charge >= 0.3 is 0 Å². The maximum Gasteiger partial charge on any atom is 0.276 e. The fourth-order valence-electron chi connectivity index (χ4n) is 4.87. The highest BCUT2D eigenvalue weighted by atomic mass is 32.1. The number of carbonyl (C=O) groups excluding carboxylic acids is 2. The van der Waals surface area contributed by atoms with Gasteiger partial charge in [0, 0.05) is 21.9 Å². The first-order chi connectivity index (χ1) is 22.6. The number of hydrogen-bond acceptors (Lipinski definition) is 7. The van der Waals surface area contributed by atoms with Crippen LogP contribution in [0.3, 0.4) is 0 Å². The second-order valence-electron chi connectivity index (χ2n) is 10.3. The maximum atomic E-state index is 13.0. The van der Waals surface area contributed by atoms with Gasteiger partial charge in [0.25, 0.3) is 11.8 Å². The van der Waals surface area contributed by atoms with E-state index in [0.29, 0.717) is 10.3 Å². The highest BCUT2D eigenvalue weighted by molar-refractivity contribution is 7.14. The topological polar surface area (TPSA) is 96.9 Å². The lowest BCUT2D eigenvalue weighted by atomic mass is 10.0. The van der Waals surface area contributed by atoms with Crippen LogP contribution in [-0.2, 0) is 0 Å². The zero-order valence-electron chi connectivity index (χ0n) is 24.3. The quantitative estimate of drug-likeness (QED) is 0.174. The second kappa shape index (κ2) is 13.1. The fraction of sp³-hybridized carbons (Fsp3) is 0. The number of anilines is 2. The Bertz CT molecular complexity index is 1970. The third-order valence-corrected chi connectivity index (χ3v) is 8.75. The van der Waals surface area contributed by atoms with Crippen molar-refractivity contribution in [2.75, 3.05) is 10.6 Å². The molecule has 2 amide bonds. The van der Waals surface area contributed by atoms with Crippen molar-refractivity contribution in [2.45, 2.75) is 0 Å². The molecule has 7 rings (SSSR count). The molecule has 0 aliphatic carbocycles. The summed E-state index contributed by atoms with van der Waals surface area (Å²) in [7, 11) is 0. The average Bonchev–Trinajstić information content (AvgIpc) is 3.79. The zero-order valence-corrected chi connectivity index (χ0v) is 25.9. The van der Waals surface area contributed by atoms with E-state index in [1.54, 1.807) is 18.2 Å². The number of thiazole rings is 2. The molecule has 9 heteroatoms. The van der Waals surface area contributed by atoms with Crippen LogP contribution in [0.25, 0.3) is 44.8 Å². The van der Waals surface area contributed by atoms with Crippen LogP contribution in [0.5, 0.6) is 0 Å². The Kier molecular flexibility index (Phi) is 8.23. The molecule has 3 aromatic heterocycles. The van der Waals surface area contributed by atoms with E-state index in [0.717, 1.165) is 44.8 Å². The molecule has 0 saturated carbocycles. The van der Waals surface area contributed by atoms with Crippen LogP contribution in [0, 0.1) is 0 Å². The van der Waals surface area contributed by atoms with E-state index in [-0.39, 0.29) is 11.4 Å². The second-order valence-corrected chi connectivity index (χ2v) is 12.0. The van der Waals surface area contributed by atoms with Crippen LogP contribution in [0.15, 0.2) is 138 Å². The standard InChI is InChI=1S/C37H25N5O2S2/c43-34(41-36-39-32(22-45-36)28-18-14-26(15-19-28)24-8-3-1-4-9-24)30-12-7-13-31(38-30)35(44)42-37-40-33(23-46-37)29-20-16-27(17-21-29)25-10-5-2-6-11-25/h1-23H,(H,39,41,43)(H,40,42,44). The first kappa shape index (κ1) is 29.0. The summed E-state index contributed by atoms with van der Waals surface area (Å²) in [5.41, 5.74) is 8.15. The maximum absolute atomic E-state index is 13.0. The van der Waals surface area contributed by atoms with Crippen molar-refractivity contribution in [1.29, 1.82) is 0 Å². The molecule has 4 aromatic carbocycles. The average molecular weight is 636 g/mol. The van der Waals surface area contributed by atoms with Gasteiger partial charge in [-0.25, -0.2) is 15.0 Å². The first-order valence-electron chi connectivity index (χ1n) is 14.4. The number of rotatable bonds is 8. The fourth-order valence-corrected chi connectivity index (χ4v) is 6.29. The molecular weight excluding hydrogens is 611 g/mol. The van der Waals surface area contributed by atoms with Gasteiger partial charge in [-0.2, -0.15) is 0 Å². The monoisotopic (exact) mass is 635 g/mol. The van der Waals surface area contributed by atoms with Gasteiger partial charge in [0.1, 0.15) is 11.4 Å². The molecule has 0 atom stereocenters. The van der Waals surface area contributed by atoms with Gasteiger partial charge in [-0.1, -0.05) is 115 Å². The van der Waals surface area contributed by atoms with E-state index in [9.17, 15) is 9.59 Å². The molecule has 0 unspecified atom stereocenters. The zero-order chi connectivity index (χ0) is 31.3. The minimum Gasteiger partial charge on any atom is -0.296 e. The summed E-state index contributed by atoms with van der Waals surface area (Å²) in [5, 5.41) is 10.3. The SMILES string of the molecule is O=C(Nc1nc(-c2ccc(-c3ccccc3)cc2)cs1)c1cccc(C(=O)Nc2nc(-c3ccc(-c4ccccc4)cc3)cs2)n1. The van der Waals surface area contributed by atoms with Crippen molar-refractivity contribution in [2.24, 2.45) is 0 Å². The van der Waals surface area contributed by atoms with E-state index in [1.807, 2.05) is 71.4 Å². The van der Waals surface area contributed by atoms with Crippen molar-refractivity contribution in [3.05, 3.63) is 150 Å². The Labute approximate surface area is 273 Å². The summed E-state index contributed by atoms with van der Waals surface area (Å²) in [6, 6.07) is 41.3. The van der Waals surface area contributed by atoms with Crippen LogP contribution in [0.4, 0.5) is 10.3 Å². The lowest BCUT2D eigenvalue weighted by molar-refractivity contribution is 0.101. The van der Waals surface area contributed by atoms with Crippen LogP contribution in [0.2, 0.25) is 0 Å². The molecule has 7 nitrogen and oxygen atoms in total. The van der Waals surface area contributed by atoms with Gasteiger partial charge < -0.3 is 0 Å². The van der Waals surface area contributed by atoms with Gasteiger partial charge in [0.2, 0.25) is 0 Å². The van der Waals surface area contributed by atoms with Crippen LogP contribution >= 0.6 is 22.7 Å². The number of aromatic nitrogens is 3. The number of carbonyl (C=O) groups is 2. The predicted octanol–water partition coefficient (Wildman–Crippen LogP) is 9.17. The molecule has 0 saturated heterocycles. The molecule has 3 heterocycles. The van der Waals surface area contributed by atoms with Gasteiger partial charge in [-0.15, -0.1) is 22.7 Å². The van der Waals surface area contributed by atoms with Gasteiger partial charge in [-0.05, 0) is 34.4 Å². The van der Waals surface area contributed by atoms with E-state index < -0.39 is 11.8 Å². The Balaban J connectivity index is 0.982. The normalized spacial score (nSPS) is 10.8. The van der Waals surface area contributed by atoms with Crippen LogP contribution in [-0.4, -0.2) is 26.8 Å². The highest BCUT2D eigenvalue weighted by Crippen LogP contribution is 2.29. The molecule has 2 N–H and O–H groups in total. The molecule has 0 radical (unpaired) electrons. The number of benzene rings is 4. The van der Waals surface area contributed by atoms with Crippen LogP contribution in [0.1, 0.15) is 21.0 Å². The molecule has 222 valence electrons. The van der Waals surface area contributed by atoms with Crippen LogP contribution < -0.4 is 10.6 Å². The van der Waals surface area contributed by atoms with Crippen molar-refractivity contribution in [1.82, 2.24) is 15.0 Å². The van der Waals surface area contributed by atoms with Gasteiger partial charge in [0.05, 0.1) is 11.4 Å². The third kappa shape index (κ3) is 6.51. The molecule has 0 bridgehead atoms. The molecule has 7 aromatic rings. The van der Waals surface area contributed by atoms with E-state index in [2.05, 4.69) is 74.1 Å². The summed E-state index contributed by atoms with van der Waals surface area (Å²) >= 11 is 2.65. The first-order valence-corrected chi connectivity index (χ1v) is 16.2.